The van der Waals surface area contributed by atoms with Crippen molar-refractivity contribution in [3.63, 3.8) is 0 Å². The van der Waals surface area contributed by atoms with Gasteiger partial charge in [0.15, 0.2) is 0 Å². The summed E-state index contributed by atoms with van der Waals surface area (Å²) in [5, 5.41) is 2.91. The molecule has 148 valence electrons. The molecule has 0 nitrogen and oxygen atoms in total. The molecule has 5 aliphatic carbocycles. The molecule has 1 heteroatoms. The van der Waals surface area contributed by atoms with Gasteiger partial charge in [-0.25, -0.2) is 0 Å². The van der Waals surface area contributed by atoms with E-state index in [9.17, 15) is 0 Å². The zero-order valence-corrected chi connectivity index (χ0v) is 18.3. The van der Waals surface area contributed by atoms with Gasteiger partial charge in [-0.1, -0.05) is 42.5 Å². The van der Waals surface area contributed by atoms with E-state index in [1.807, 2.05) is 11.3 Å². The first-order chi connectivity index (χ1) is 14.7. The summed E-state index contributed by atoms with van der Waals surface area (Å²) in [5.74, 6) is 3.70. The maximum atomic E-state index is 2.55. The summed E-state index contributed by atoms with van der Waals surface area (Å²) in [7, 11) is 0. The Morgan fingerprint density at radius 2 is 1.50 bits per heavy atom. The topological polar surface area (TPSA) is 0 Å². The zero-order valence-electron chi connectivity index (χ0n) is 17.4. The van der Waals surface area contributed by atoms with Gasteiger partial charge in [0.05, 0.1) is 0 Å². The van der Waals surface area contributed by atoms with Crippen molar-refractivity contribution >= 4 is 31.5 Å². The van der Waals surface area contributed by atoms with Crippen molar-refractivity contribution in [2.24, 2.45) is 23.7 Å². The van der Waals surface area contributed by atoms with Gasteiger partial charge < -0.3 is 0 Å². The number of hydrogen-bond acceptors (Lipinski definition) is 1. The van der Waals surface area contributed by atoms with Crippen LogP contribution in [0.5, 0.6) is 0 Å². The Morgan fingerprint density at radius 3 is 2.30 bits per heavy atom. The van der Waals surface area contributed by atoms with Crippen LogP contribution in [0.2, 0.25) is 0 Å². The maximum Gasteiger partial charge on any atom is 0.0437 e. The predicted molar refractivity (Wildman–Crippen MR) is 127 cm³/mol. The second kappa shape index (κ2) is 5.37. The standard InChI is InChI=1S/C29H26S/c1-16-10-23-21-6-3-5-9-25(21)30-28(23)26-22-7-2-4-8-24(22)29(27(16)26)19-12-17-11-18(14-19)15-20(29)13-17/h2-10,17-20H,11-15H2,1H3. The van der Waals surface area contributed by atoms with Crippen LogP contribution >= 0.6 is 11.3 Å². The van der Waals surface area contributed by atoms with Gasteiger partial charge in [-0.05, 0) is 97.1 Å². The predicted octanol–water partition coefficient (Wildman–Crippen LogP) is 8.09. The molecule has 0 aliphatic heterocycles. The Hall–Kier alpha value is -2.12. The molecule has 4 saturated carbocycles. The zero-order chi connectivity index (χ0) is 19.6. The van der Waals surface area contributed by atoms with Crippen LogP contribution in [0.3, 0.4) is 0 Å². The molecular formula is C29H26S. The minimum Gasteiger partial charge on any atom is -0.135 e. The lowest BCUT2D eigenvalue weighted by Gasteiger charge is -2.61. The second-order valence-electron chi connectivity index (χ2n) is 10.6. The van der Waals surface area contributed by atoms with Crippen molar-refractivity contribution in [2.45, 2.75) is 44.4 Å². The van der Waals surface area contributed by atoms with Crippen molar-refractivity contribution in [3.05, 3.63) is 71.3 Å². The third-order valence-electron chi connectivity index (χ3n) is 9.35. The first-order valence-corrected chi connectivity index (χ1v) is 12.6. The van der Waals surface area contributed by atoms with Crippen molar-refractivity contribution in [3.8, 4) is 11.1 Å². The highest BCUT2D eigenvalue weighted by Crippen LogP contribution is 2.70. The van der Waals surface area contributed by atoms with E-state index in [0.717, 1.165) is 23.7 Å². The fraction of sp³-hybridized carbons (Fsp3) is 0.379. The number of hydrogen-bond donors (Lipinski definition) is 0. The molecule has 1 spiro atoms. The molecule has 1 aromatic heterocycles. The smallest absolute Gasteiger partial charge is 0.0437 e. The Balaban J connectivity index is 1.54. The van der Waals surface area contributed by atoms with Crippen molar-refractivity contribution < 1.29 is 0 Å². The summed E-state index contributed by atoms with van der Waals surface area (Å²) in [6, 6.07) is 21.1. The lowest BCUT2D eigenvalue weighted by molar-refractivity contribution is -0.0401. The Morgan fingerprint density at radius 1 is 0.800 bits per heavy atom. The first-order valence-electron chi connectivity index (χ1n) is 11.8. The maximum absolute atomic E-state index is 2.55. The van der Waals surface area contributed by atoms with E-state index < -0.39 is 0 Å². The van der Waals surface area contributed by atoms with E-state index >= 15 is 0 Å². The molecular weight excluding hydrogens is 380 g/mol. The largest absolute Gasteiger partial charge is 0.135 e. The summed E-state index contributed by atoms with van der Waals surface area (Å²) in [6.45, 7) is 2.42. The van der Waals surface area contributed by atoms with E-state index in [1.165, 1.54) is 52.3 Å². The molecule has 4 aromatic rings. The van der Waals surface area contributed by atoms with Gasteiger partial charge in [-0.15, -0.1) is 11.3 Å². The lowest BCUT2D eigenvalue weighted by atomic mass is 9.43. The highest BCUT2D eigenvalue weighted by molar-refractivity contribution is 7.26. The van der Waals surface area contributed by atoms with E-state index in [0.29, 0.717) is 0 Å². The average Bonchev–Trinajstić information content (AvgIpc) is 3.27. The van der Waals surface area contributed by atoms with Crippen molar-refractivity contribution in [2.75, 3.05) is 0 Å². The van der Waals surface area contributed by atoms with Crippen LogP contribution in [-0.4, -0.2) is 0 Å². The van der Waals surface area contributed by atoms with Gasteiger partial charge in [0.25, 0.3) is 0 Å². The summed E-state index contributed by atoms with van der Waals surface area (Å²) in [6.07, 6.45) is 7.37. The molecule has 0 amide bonds. The van der Waals surface area contributed by atoms with E-state index in [1.54, 1.807) is 27.8 Å². The van der Waals surface area contributed by atoms with Gasteiger partial charge in [0, 0.05) is 31.2 Å². The molecule has 5 aliphatic rings. The minimum absolute atomic E-state index is 0.286. The third kappa shape index (κ3) is 1.74. The van der Waals surface area contributed by atoms with Gasteiger partial charge in [0.1, 0.15) is 0 Å². The van der Waals surface area contributed by atoms with E-state index in [-0.39, 0.29) is 5.41 Å². The normalized spacial score (nSPS) is 33.0. The number of fused-ring (bicyclic) bond motifs is 7. The number of aryl methyl sites for hydroxylation is 1. The molecule has 3 aromatic carbocycles. The molecule has 4 bridgehead atoms. The highest BCUT2D eigenvalue weighted by Gasteiger charge is 2.62. The van der Waals surface area contributed by atoms with Gasteiger partial charge in [-0.3, -0.25) is 0 Å². The van der Waals surface area contributed by atoms with Crippen molar-refractivity contribution in [1.29, 1.82) is 0 Å². The summed E-state index contributed by atoms with van der Waals surface area (Å²) in [4.78, 5) is 0. The third-order valence-corrected chi connectivity index (χ3v) is 10.6. The Bertz CT molecular complexity index is 1340. The molecule has 9 rings (SSSR count). The van der Waals surface area contributed by atoms with E-state index in [2.05, 4.69) is 61.5 Å². The van der Waals surface area contributed by atoms with Crippen LogP contribution in [0.1, 0.15) is 48.8 Å². The molecule has 0 atom stereocenters. The first kappa shape index (κ1) is 16.6. The quantitative estimate of drug-likeness (QED) is 0.277. The fourth-order valence-corrected chi connectivity index (χ4v) is 10.0. The van der Waals surface area contributed by atoms with Crippen LogP contribution in [0.25, 0.3) is 31.3 Å². The Kier molecular flexibility index (Phi) is 2.97. The summed E-state index contributed by atoms with van der Waals surface area (Å²) in [5.41, 5.74) is 8.41. The summed E-state index contributed by atoms with van der Waals surface area (Å²) < 4.78 is 2.97. The number of rotatable bonds is 0. The van der Waals surface area contributed by atoms with Gasteiger partial charge in [-0.2, -0.15) is 0 Å². The summed E-state index contributed by atoms with van der Waals surface area (Å²) >= 11 is 2.02. The lowest BCUT2D eigenvalue weighted by Crippen LogP contribution is -2.55. The number of thiophene rings is 1. The second-order valence-corrected chi connectivity index (χ2v) is 11.7. The molecule has 0 N–H and O–H groups in total. The SMILES string of the molecule is Cc1cc2c(sc3ccccc32)c2c1C1(c3ccccc3-2)C2CC3CC(C2)CC1C3. The van der Waals surface area contributed by atoms with Gasteiger partial charge in [0.2, 0.25) is 0 Å². The molecule has 4 fully saturated rings. The molecule has 0 saturated heterocycles. The van der Waals surface area contributed by atoms with Crippen molar-refractivity contribution in [1.82, 2.24) is 0 Å². The van der Waals surface area contributed by atoms with Crippen LogP contribution in [0.4, 0.5) is 0 Å². The minimum atomic E-state index is 0.286. The van der Waals surface area contributed by atoms with Crippen LogP contribution < -0.4 is 0 Å². The Labute approximate surface area is 181 Å². The van der Waals surface area contributed by atoms with Crippen LogP contribution in [-0.2, 0) is 5.41 Å². The highest BCUT2D eigenvalue weighted by atomic mass is 32.1. The molecule has 1 heterocycles. The van der Waals surface area contributed by atoms with Gasteiger partial charge >= 0.3 is 0 Å². The monoisotopic (exact) mass is 406 g/mol. The molecule has 0 unspecified atom stereocenters. The fourth-order valence-electron chi connectivity index (χ4n) is 8.76. The molecule has 30 heavy (non-hydrogen) atoms. The number of benzene rings is 3. The average molecular weight is 407 g/mol. The van der Waals surface area contributed by atoms with E-state index in [4.69, 9.17) is 0 Å². The molecule has 0 radical (unpaired) electrons. The van der Waals surface area contributed by atoms with Crippen LogP contribution in [0.15, 0.2) is 54.6 Å². The van der Waals surface area contributed by atoms with Crippen LogP contribution in [0, 0.1) is 30.6 Å².